The number of halogens is 4. The zero-order valence-corrected chi connectivity index (χ0v) is 14.9. The quantitative estimate of drug-likeness (QED) is 0.735. The van der Waals surface area contributed by atoms with E-state index in [9.17, 15) is 18.0 Å². The second kappa shape index (κ2) is 7.67. The van der Waals surface area contributed by atoms with Crippen LogP contribution in [0.5, 0.6) is 5.75 Å². The minimum absolute atomic E-state index is 0.0448. The molecule has 9 heteroatoms. The fourth-order valence-electron chi connectivity index (χ4n) is 2.58. The molecule has 0 saturated carbocycles. The van der Waals surface area contributed by atoms with Crippen LogP contribution in [-0.4, -0.2) is 29.6 Å². The van der Waals surface area contributed by atoms with Crippen LogP contribution < -0.4 is 10.1 Å². The topological polar surface area (TPSA) is 41.6 Å². The molecule has 26 heavy (non-hydrogen) atoms. The number of ether oxygens (including phenoxy) is 1. The summed E-state index contributed by atoms with van der Waals surface area (Å²) in [6, 6.07) is 12.1. The molecule has 2 aromatic carbocycles. The van der Waals surface area contributed by atoms with Gasteiger partial charge in [-0.25, -0.2) is 4.79 Å². The largest absolute Gasteiger partial charge is 0.573 e. The number of rotatable bonds is 3. The van der Waals surface area contributed by atoms with Gasteiger partial charge in [0.25, 0.3) is 0 Å². The summed E-state index contributed by atoms with van der Waals surface area (Å²) in [6.45, 7) is 0.468. The van der Waals surface area contributed by atoms with Crippen molar-refractivity contribution in [1.29, 1.82) is 0 Å². The number of urea groups is 1. The van der Waals surface area contributed by atoms with Crippen LogP contribution in [0.15, 0.2) is 48.5 Å². The van der Waals surface area contributed by atoms with Gasteiger partial charge in [0.1, 0.15) is 5.37 Å². The highest BCUT2D eigenvalue weighted by molar-refractivity contribution is 7.99. The van der Waals surface area contributed by atoms with E-state index in [2.05, 4.69) is 10.1 Å². The molecule has 2 amide bonds. The van der Waals surface area contributed by atoms with Gasteiger partial charge in [-0.15, -0.1) is 24.9 Å². The number of amides is 2. The van der Waals surface area contributed by atoms with Gasteiger partial charge >= 0.3 is 12.4 Å². The van der Waals surface area contributed by atoms with Crippen molar-refractivity contribution in [3.05, 3.63) is 59.1 Å². The number of alkyl halides is 3. The second-order valence-corrected chi connectivity index (χ2v) is 7.07. The van der Waals surface area contributed by atoms with Crippen LogP contribution in [-0.2, 0) is 0 Å². The minimum atomic E-state index is -4.84. The van der Waals surface area contributed by atoms with Crippen LogP contribution in [0, 0.1) is 0 Å². The molecule has 1 aliphatic heterocycles. The Balaban J connectivity index is 1.78. The zero-order chi connectivity index (χ0) is 18.7. The maximum atomic E-state index is 12.6. The molecule has 0 aromatic heterocycles. The van der Waals surface area contributed by atoms with Crippen molar-refractivity contribution >= 4 is 35.1 Å². The van der Waals surface area contributed by atoms with E-state index in [0.717, 1.165) is 11.6 Å². The highest BCUT2D eigenvalue weighted by Crippen LogP contribution is 2.39. The van der Waals surface area contributed by atoms with Crippen molar-refractivity contribution in [2.75, 3.05) is 17.6 Å². The summed E-state index contributed by atoms with van der Waals surface area (Å²) in [7, 11) is 0. The van der Waals surface area contributed by atoms with Crippen LogP contribution in [0.2, 0.25) is 5.02 Å². The first-order valence-corrected chi connectivity index (χ1v) is 9.05. The fourth-order valence-corrected chi connectivity index (χ4v) is 4.03. The Kier molecular flexibility index (Phi) is 5.52. The molecule has 0 bridgehead atoms. The first-order valence-electron chi connectivity index (χ1n) is 7.63. The molecule has 4 nitrogen and oxygen atoms in total. The monoisotopic (exact) mass is 402 g/mol. The lowest BCUT2D eigenvalue weighted by molar-refractivity contribution is -0.274. The lowest BCUT2D eigenvalue weighted by Gasteiger charge is -2.25. The van der Waals surface area contributed by atoms with Crippen LogP contribution in [0.3, 0.4) is 0 Å². The summed E-state index contributed by atoms with van der Waals surface area (Å²) in [4.78, 5) is 14.2. The Hall–Kier alpha value is -2.06. The molecule has 1 fully saturated rings. The van der Waals surface area contributed by atoms with Gasteiger partial charge in [-0.1, -0.05) is 35.9 Å². The van der Waals surface area contributed by atoms with E-state index in [1.165, 1.54) is 18.2 Å². The van der Waals surface area contributed by atoms with E-state index < -0.39 is 18.1 Å². The van der Waals surface area contributed by atoms with Gasteiger partial charge < -0.3 is 15.0 Å². The van der Waals surface area contributed by atoms with Crippen molar-refractivity contribution in [1.82, 2.24) is 4.90 Å². The van der Waals surface area contributed by atoms with Gasteiger partial charge in [-0.3, -0.25) is 0 Å². The smallest absolute Gasteiger partial charge is 0.404 e. The van der Waals surface area contributed by atoms with Crippen molar-refractivity contribution in [3.63, 3.8) is 0 Å². The van der Waals surface area contributed by atoms with E-state index in [1.54, 1.807) is 34.9 Å². The number of nitrogens with one attached hydrogen (secondary N) is 1. The standard InChI is InChI=1S/C17H14ClF3N2O2S/c18-12-5-3-4-11(10-12)15-23(8-9-26-15)16(24)22-13-6-1-2-7-14(13)25-17(19,20)21/h1-7,10,15H,8-9H2,(H,22,24). The number of carbonyl (C=O) groups is 1. The van der Waals surface area contributed by atoms with E-state index in [-0.39, 0.29) is 11.1 Å². The van der Waals surface area contributed by atoms with E-state index >= 15 is 0 Å². The molecule has 2 aromatic rings. The van der Waals surface area contributed by atoms with Crippen LogP contribution in [0.25, 0.3) is 0 Å². The van der Waals surface area contributed by atoms with Crippen LogP contribution in [0.1, 0.15) is 10.9 Å². The molecular weight excluding hydrogens is 389 g/mol. The molecule has 0 spiro atoms. The maximum Gasteiger partial charge on any atom is 0.573 e. The normalized spacial score (nSPS) is 17.2. The number of para-hydroxylation sites is 2. The van der Waals surface area contributed by atoms with Crippen molar-refractivity contribution in [2.45, 2.75) is 11.7 Å². The van der Waals surface area contributed by atoms with Gasteiger partial charge in [-0.05, 0) is 29.8 Å². The number of hydrogen-bond acceptors (Lipinski definition) is 3. The average Bonchev–Trinajstić information content (AvgIpc) is 3.05. The van der Waals surface area contributed by atoms with Gasteiger partial charge in [0.15, 0.2) is 5.75 Å². The highest BCUT2D eigenvalue weighted by atomic mass is 35.5. The summed E-state index contributed by atoms with van der Waals surface area (Å²) in [6.07, 6.45) is -4.84. The van der Waals surface area contributed by atoms with Crippen molar-refractivity contribution < 1.29 is 22.7 Å². The molecule has 1 aliphatic rings. The van der Waals surface area contributed by atoms with Crippen molar-refractivity contribution in [3.8, 4) is 5.75 Å². The lowest BCUT2D eigenvalue weighted by atomic mass is 10.2. The summed E-state index contributed by atoms with van der Waals surface area (Å²) in [5.74, 6) is 0.255. The SMILES string of the molecule is O=C(Nc1ccccc1OC(F)(F)F)N1CCSC1c1cccc(Cl)c1. The van der Waals surface area contributed by atoms with Gasteiger partial charge in [-0.2, -0.15) is 0 Å². The Morgan fingerprint density at radius 1 is 1.23 bits per heavy atom. The Bertz CT molecular complexity index is 804. The molecule has 1 N–H and O–H groups in total. The Morgan fingerprint density at radius 2 is 2.00 bits per heavy atom. The number of nitrogens with zero attached hydrogens (tertiary/aromatic N) is 1. The van der Waals surface area contributed by atoms with Gasteiger partial charge in [0.2, 0.25) is 0 Å². The number of anilines is 1. The van der Waals surface area contributed by atoms with E-state index in [1.807, 2.05) is 6.07 Å². The molecule has 1 heterocycles. The molecule has 1 atom stereocenters. The molecule has 0 radical (unpaired) electrons. The molecular formula is C17H14ClF3N2O2S. The number of carbonyl (C=O) groups excluding carboxylic acids is 1. The lowest BCUT2D eigenvalue weighted by Crippen LogP contribution is -2.34. The summed E-state index contributed by atoms with van der Waals surface area (Å²) in [5, 5.41) is 2.80. The third-order valence-electron chi connectivity index (χ3n) is 3.64. The van der Waals surface area contributed by atoms with Crippen LogP contribution in [0.4, 0.5) is 23.7 Å². The predicted molar refractivity (Wildman–Crippen MR) is 95.5 cm³/mol. The average molecular weight is 403 g/mol. The second-order valence-electron chi connectivity index (χ2n) is 5.45. The van der Waals surface area contributed by atoms with Gasteiger partial charge in [0, 0.05) is 17.3 Å². The van der Waals surface area contributed by atoms with Crippen LogP contribution >= 0.6 is 23.4 Å². The van der Waals surface area contributed by atoms with Gasteiger partial charge in [0.05, 0.1) is 5.69 Å². The maximum absolute atomic E-state index is 12.6. The van der Waals surface area contributed by atoms with Crippen molar-refractivity contribution in [2.24, 2.45) is 0 Å². The zero-order valence-electron chi connectivity index (χ0n) is 13.3. The Morgan fingerprint density at radius 3 is 2.73 bits per heavy atom. The summed E-state index contributed by atoms with van der Waals surface area (Å²) >= 11 is 7.57. The Labute approximate surface area is 157 Å². The summed E-state index contributed by atoms with van der Waals surface area (Å²) in [5.41, 5.74) is 0.812. The third kappa shape index (κ3) is 4.56. The number of hydrogen-bond donors (Lipinski definition) is 1. The third-order valence-corrected chi connectivity index (χ3v) is 5.14. The van der Waals surface area contributed by atoms with E-state index in [0.29, 0.717) is 17.3 Å². The predicted octanol–water partition coefficient (Wildman–Crippen LogP) is 5.52. The first-order chi connectivity index (χ1) is 12.3. The highest BCUT2D eigenvalue weighted by Gasteiger charge is 2.34. The molecule has 3 rings (SSSR count). The molecule has 1 saturated heterocycles. The molecule has 1 unspecified atom stereocenters. The van der Waals surface area contributed by atoms with E-state index in [4.69, 9.17) is 11.6 Å². The number of thioether (sulfide) groups is 1. The minimum Gasteiger partial charge on any atom is -0.404 e. The molecule has 0 aliphatic carbocycles. The first kappa shape index (κ1) is 18.7. The molecule has 138 valence electrons. The fraction of sp³-hybridized carbons (Fsp3) is 0.235. The number of benzene rings is 2. The summed E-state index contributed by atoms with van der Waals surface area (Å²) < 4.78 is 41.5.